The van der Waals surface area contributed by atoms with Crippen molar-refractivity contribution in [2.24, 2.45) is 0 Å². The Kier molecular flexibility index (Phi) is 4.70. The Morgan fingerprint density at radius 3 is 2.60 bits per heavy atom. The van der Waals surface area contributed by atoms with Gasteiger partial charge < -0.3 is 10.1 Å². The van der Waals surface area contributed by atoms with E-state index in [0.29, 0.717) is 12.2 Å². The number of hydrogen-bond acceptors (Lipinski definition) is 6. The number of nitrogens with one attached hydrogen (secondary N) is 1. The van der Waals surface area contributed by atoms with Crippen molar-refractivity contribution in [1.82, 2.24) is 9.97 Å². The molecule has 1 aromatic heterocycles. The fraction of sp³-hybridized carbons (Fsp3) is 0.692. The standard InChI is InChI=1S/C13H20N4O3/c1-3-10-15-12(14-9-7-5-4-6-8-9)11(17(18)19)13(16-10)20-2/h9H,3-8H2,1-2H3,(H,14,15,16). The number of rotatable bonds is 5. The van der Waals surface area contributed by atoms with Crippen LogP contribution in [-0.4, -0.2) is 28.0 Å². The maximum atomic E-state index is 11.2. The summed E-state index contributed by atoms with van der Waals surface area (Å²) >= 11 is 0. The molecule has 7 nitrogen and oxygen atoms in total. The first-order valence-corrected chi connectivity index (χ1v) is 7.01. The van der Waals surface area contributed by atoms with Gasteiger partial charge >= 0.3 is 5.69 Å². The molecule has 0 aromatic carbocycles. The number of anilines is 1. The molecular formula is C13H20N4O3. The monoisotopic (exact) mass is 280 g/mol. The van der Waals surface area contributed by atoms with Gasteiger partial charge in [-0.25, -0.2) is 4.98 Å². The van der Waals surface area contributed by atoms with Crippen molar-refractivity contribution in [1.29, 1.82) is 0 Å². The average molecular weight is 280 g/mol. The number of aromatic nitrogens is 2. The van der Waals surface area contributed by atoms with Crippen LogP contribution < -0.4 is 10.1 Å². The van der Waals surface area contributed by atoms with Crippen molar-refractivity contribution in [2.45, 2.75) is 51.5 Å². The van der Waals surface area contributed by atoms with Crippen molar-refractivity contribution in [3.63, 3.8) is 0 Å². The smallest absolute Gasteiger partial charge is 0.372 e. The van der Waals surface area contributed by atoms with Crippen molar-refractivity contribution in [3.05, 3.63) is 15.9 Å². The van der Waals surface area contributed by atoms with E-state index < -0.39 is 4.92 Å². The zero-order valence-corrected chi connectivity index (χ0v) is 11.9. The highest BCUT2D eigenvalue weighted by Crippen LogP contribution is 2.33. The average Bonchev–Trinajstić information content (AvgIpc) is 2.47. The highest BCUT2D eigenvalue weighted by atomic mass is 16.6. The highest BCUT2D eigenvalue weighted by Gasteiger charge is 2.27. The Morgan fingerprint density at radius 1 is 1.35 bits per heavy atom. The molecule has 0 unspecified atom stereocenters. The maximum absolute atomic E-state index is 11.2. The molecule has 1 aliphatic carbocycles. The first-order valence-electron chi connectivity index (χ1n) is 7.01. The summed E-state index contributed by atoms with van der Waals surface area (Å²) in [5, 5.41) is 14.5. The van der Waals surface area contributed by atoms with E-state index >= 15 is 0 Å². The van der Waals surface area contributed by atoms with Gasteiger partial charge in [-0.2, -0.15) is 4.98 Å². The van der Waals surface area contributed by atoms with Crippen molar-refractivity contribution < 1.29 is 9.66 Å². The van der Waals surface area contributed by atoms with E-state index in [0.717, 1.165) is 25.7 Å². The predicted molar refractivity (Wildman–Crippen MR) is 75.1 cm³/mol. The Hall–Kier alpha value is -1.92. The van der Waals surface area contributed by atoms with Crippen LogP contribution >= 0.6 is 0 Å². The number of aryl methyl sites for hydroxylation is 1. The summed E-state index contributed by atoms with van der Waals surface area (Å²) in [7, 11) is 1.39. The van der Waals surface area contributed by atoms with Gasteiger partial charge in [0, 0.05) is 12.5 Å². The summed E-state index contributed by atoms with van der Waals surface area (Å²) < 4.78 is 5.05. The first-order chi connectivity index (χ1) is 9.65. The van der Waals surface area contributed by atoms with Crippen LogP contribution in [0.4, 0.5) is 11.5 Å². The SMILES string of the molecule is CCc1nc(NC2CCCCC2)c([N+](=O)[O-])c(OC)n1. The maximum Gasteiger partial charge on any atom is 0.372 e. The largest absolute Gasteiger partial charge is 0.476 e. The molecule has 1 saturated carbocycles. The fourth-order valence-corrected chi connectivity index (χ4v) is 2.48. The van der Waals surface area contributed by atoms with E-state index in [1.165, 1.54) is 13.5 Å². The molecule has 1 aliphatic rings. The topological polar surface area (TPSA) is 90.2 Å². The summed E-state index contributed by atoms with van der Waals surface area (Å²) in [6, 6.07) is 0.242. The number of nitro groups is 1. The van der Waals surface area contributed by atoms with E-state index in [9.17, 15) is 10.1 Å². The summed E-state index contributed by atoms with van der Waals surface area (Å²) in [4.78, 5) is 19.1. The molecule has 1 N–H and O–H groups in total. The molecule has 0 atom stereocenters. The minimum atomic E-state index is -0.483. The zero-order valence-electron chi connectivity index (χ0n) is 11.9. The number of methoxy groups -OCH3 is 1. The predicted octanol–water partition coefficient (Wildman–Crippen LogP) is 2.70. The van der Waals surface area contributed by atoms with Gasteiger partial charge in [0.2, 0.25) is 5.82 Å². The van der Waals surface area contributed by atoms with Crippen LogP contribution in [0.3, 0.4) is 0 Å². The molecule has 1 heterocycles. The van der Waals surface area contributed by atoms with Crippen LogP contribution in [0.1, 0.15) is 44.9 Å². The molecular weight excluding hydrogens is 260 g/mol. The molecule has 2 rings (SSSR count). The molecule has 20 heavy (non-hydrogen) atoms. The minimum absolute atomic E-state index is 0.0279. The second-order valence-electron chi connectivity index (χ2n) is 4.94. The van der Waals surface area contributed by atoms with E-state index in [1.807, 2.05) is 6.92 Å². The first kappa shape index (κ1) is 14.5. The van der Waals surface area contributed by atoms with Crippen molar-refractivity contribution in [2.75, 3.05) is 12.4 Å². The molecule has 0 spiro atoms. The van der Waals surface area contributed by atoms with E-state index in [1.54, 1.807) is 0 Å². The van der Waals surface area contributed by atoms with Gasteiger partial charge in [0.1, 0.15) is 5.82 Å². The Bertz CT molecular complexity index is 487. The van der Waals surface area contributed by atoms with Crippen LogP contribution in [0.25, 0.3) is 0 Å². The third kappa shape index (κ3) is 3.15. The van der Waals surface area contributed by atoms with Gasteiger partial charge in [-0.15, -0.1) is 0 Å². The summed E-state index contributed by atoms with van der Waals surface area (Å²) in [5.41, 5.74) is -0.171. The molecule has 0 radical (unpaired) electrons. The highest BCUT2D eigenvalue weighted by molar-refractivity contribution is 5.62. The Balaban J connectivity index is 2.34. The molecule has 0 bridgehead atoms. The van der Waals surface area contributed by atoms with Gasteiger partial charge in [-0.1, -0.05) is 26.2 Å². The number of nitrogens with zero attached hydrogens (tertiary/aromatic N) is 3. The summed E-state index contributed by atoms with van der Waals surface area (Å²) in [5.74, 6) is 0.858. The van der Waals surface area contributed by atoms with Crippen molar-refractivity contribution in [3.8, 4) is 5.88 Å². The normalized spacial score (nSPS) is 15.9. The van der Waals surface area contributed by atoms with Crippen LogP contribution in [0.2, 0.25) is 0 Å². The van der Waals surface area contributed by atoms with E-state index in [4.69, 9.17) is 4.74 Å². The van der Waals surface area contributed by atoms with Gasteiger partial charge in [0.05, 0.1) is 12.0 Å². The molecule has 7 heteroatoms. The van der Waals surface area contributed by atoms with Crippen LogP contribution in [0.15, 0.2) is 0 Å². The Morgan fingerprint density at radius 2 is 2.05 bits per heavy atom. The lowest BCUT2D eigenvalue weighted by atomic mass is 9.95. The molecule has 0 saturated heterocycles. The van der Waals surface area contributed by atoms with Crippen LogP contribution in [0.5, 0.6) is 5.88 Å². The summed E-state index contributed by atoms with van der Waals surface area (Å²) in [6.45, 7) is 1.91. The summed E-state index contributed by atoms with van der Waals surface area (Å²) in [6.07, 6.45) is 6.17. The zero-order chi connectivity index (χ0) is 14.5. The fourth-order valence-electron chi connectivity index (χ4n) is 2.48. The van der Waals surface area contributed by atoms with E-state index in [-0.39, 0.29) is 23.4 Å². The molecule has 110 valence electrons. The van der Waals surface area contributed by atoms with E-state index in [2.05, 4.69) is 15.3 Å². The Labute approximate surface area is 117 Å². The van der Waals surface area contributed by atoms with Gasteiger partial charge in [0.15, 0.2) is 0 Å². The number of hydrogen-bond donors (Lipinski definition) is 1. The third-order valence-corrected chi connectivity index (χ3v) is 3.54. The molecule has 0 amide bonds. The number of ether oxygens (including phenoxy) is 1. The third-order valence-electron chi connectivity index (χ3n) is 3.54. The van der Waals surface area contributed by atoms with Gasteiger partial charge in [-0.05, 0) is 12.8 Å². The molecule has 1 fully saturated rings. The van der Waals surface area contributed by atoms with Crippen LogP contribution in [0, 0.1) is 10.1 Å². The lowest BCUT2D eigenvalue weighted by Crippen LogP contribution is -2.24. The second-order valence-corrected chi connectivity index (χ2v) is 4.94. The lowest BCUT2D eigenvalue weighted by Gasteiger charge is -2.23. The van der Waals surface area contributed by atoms with Crippen LogP contribution in [-0.2, 0) is 6.42 Å². The second kappa shape index (κ2) is 6.49. The molecule has 1 aromatic rings. The quantitative estimate of drug-likeness (QED) is 0.658. The lowest BCUT2D eigenvalue weighted by molar-refractivity contribution is -0.385. The van der Waals surface area contributed by atoms with Crippen molar-refractivity contribution >= 4 is 11.5 Å². The minimum Gasteiger partial charge on any atom is -0.476 e. The molecule has 0 aliphatic heterocycles. The van der Waals surface area contributed by atoms with Gasteiger partial charge in [-0.3, -0.25) is 10.1 Å². The van der Waals surface area contributed by atoms with Gasteiger partial charge in [0.25, 0.3) is 5.88 Å².